The fourth-order valence-electron chi connectivity index (χ4n) is 2.74. The standard InChI is InChI=1S/C21H23N3O3/c1-4-14-5-8-16(9-6-14)27-12-19(25)23-24-20-17-11-15(13(2)3)7-10-18(17)22-21(20)26/h5-11,13,22,26H,4,12H2,1-3H3. The second kappa shape index (κ2) is 8.03. The molecule has 1 heterocycles. The minimum atomic E-state index is -0.525. The molecule has 0 unspecified atom stereocenters. The Hall–Kier alpha value is -3.15. The van der Waals surface area contributed by atoms with E-state index in [4.69, 9.17) is 4.74 Å². The second-order valence-electron chi connectivity index (χ2n) is 6.66. The third-order valence-electron chi connectivity index (χ3n) is 4.40. The Bertz CT molecular complexity index is 972. The number of benzene rings is 2. The van der Waals surface area contributed by atoms with Crippen molar-refractivity contribution in [2.24, 2.45) is 10.2 Å². The molecule has 0 aliphatic carbocycles. The van der Waals surface area contributed by atoms with E-state index in [-0.39, 0.29) is 18.2 Å². The molecule has 1 amide bonds. The molecule has 27 heavy (non-hydrogen) atoms. The summed E-state index contributed by atoms with van der Waals surface area (Å²) in [5.74, 6) is 0.305. The number of amides is 1. The number of H-pyrrole nitrogens is 1. The zero-order chi connectivity index (χ0) is 19.4. The molecule has 0 saturated heterocycles. The maximum absolute atomic E-state index is 12.0. The molecule has 0 atom stereocenters. The molecule has 6 nitrogen and oxygen atoms in total. The Kier molecular flexibility index (Phi) is 5.54. The van der Waals surface area contributed by atoms with Crippen molar-refractivity contribution in [2.45, 2.75) is 33.1 Å². The predicted octanol–water partition coefficient (Wildman–Crippen LogP) is 5.25. The molecule has 1 aromatic heterocycles. The molecule has 0 spiro atoms. The van der Waals surface area contributed by atoms with Gasteiger partial charge < -0.3 is 14.8 Å². The lowest BCUT2D eigenvalue weighted by atomic mass is 10.0. The van der Waals surface area contributed by atoms with Gasteiger partial charge in [-0.1, -0.05) is 39.0 Å². The topological polar surface area (TPSA) is 87.0 Å². The third-order valence-corrected chi connectivity index (χ3v) is 4.40. The van der Waals surface area contributed by atoms with Crippen LogP contribution in [-0.4, -0.2) is 22.6 Å². The monoisotopic (exact) mass is 365 g/mol. The molecular weight excluding hydrogens is 342 g/mol. The van der Waals surface area contributed by atoms with Gasteiger partial charge in [0.25, 0.3) is 0 Å². The van der Waals surface area contributed by atoms with Gasteiger partial charge >= 0.3 is 5.91 Å². The summed E-state index contributed by atoms with van der Waals surface area (Å²) in [5, 5.41) is 18.4. The molecule has 0 bridgehead atoms. The van der Waals surface area contributed by atoms with Gasteiger partial charge in [-0.05, 0) is 47.7 Å². The Balaban J connectivity index is 1.71. The smallest absolute Gasteiger partial charge is 0.302 e. The summed E-state index contributed by atoms with van der Waals surface area (Å²) < 4.78 is 5.43. The van der Waals surface area contributed by atoms with Gasteiger partial charge in [0.15, 0.2) is 12.3 Å². The highest BCUT2D eigenvalue weighted by molar-refractivity contribution is 5.95. The van der Waals surface area contributed by atoms with Crippen LogP contribution in [0.1, 0.15) is 37.8 Å². The Morgan fingerprint density at radius 1 is 1.19 bits per heavy atom. The highest BCUT2D eigenvalue weighted by Crippen LogP contribution is 2.36. The first kappa shape index (κ1) is 18.6. The summed E-state index contributed by atoms with van der Waals surface area (Å²) >= 11 is 0. The van der Waals surface area contributed by atoms with Gasteiger partial charge in [-0.25, -0.2) is 0 Å². The molecule has 0 aliphatic rings. The minimum Gasteiger partial charge on any atom is -0.493 e. The quantitative estimate of drug-likeness (QED) is 0.585. The van der Waals surface area contributed by atoms with E-state index in [2.05, 4.69) is 36.0 Å². The van der Waals surface area contributed by atoms with Crippen LogP contribution in [0.4, 0.5) is 5.69 Å². The van der Waals surface area contributed by atoms with E-state index in [1.165, 1.54) is 5.56 Å². The van der Waals surface area contributed by atoms with E-state index in [0.29, 0.717) is 11.7 Å². The Morgan fingerprint density at radius 2 is 1.93 bits per heavy atom. The molecule has 140 valence electrons. The lowest BCUT2D eigenvalue weighted by molar-refractivity contribution is -0.120. The number of aromatic nitrogens is 1. The molecule has 2 N–H and O–H groups in total. The van der Waals surface area contributed by atoms with Gasteiger partial charge in [-0.2, -0.15) is 0 Å². The summed E-state index contributed by atoms with van der Waals surface area (Å²) in [6.07, 6.45) is 0.945. The van der Waals surface area contributed by atoms with Crippen LogP contribution in [-0.2, 0) is 11.2 Å². The minimum absolute atomic E-state index is 0.112. The van der Waals surface area contributed by atoms with Gasteiger partial charge in [-0.3, -0.25) is 4.79 Å². The van der Waals surface area contributed by atoms with Crippen molar-refractivity contribution in [3.63, 3.8) is 0 Å². The first-order valence-corrected chi connectivity index (χ1v) is 8.98. The number of fused-ring (bicyclic) bond motifs is 1. The number of carbonyl (C=O) groups is 1. The zero-order valence-electron chi connectivity index (χ0n) is 15.7. The maximum Gasteiger partial charge on any atom is 0.302 e. The number of aromatic hydroxyl groups is 1. The van der Waals surface area contributed by atoms with Gasteiger partial charge in [0.2, 0.25) is 5.88 Å². The van der Waals surface area contributed by atoms with Gasteiger partial charge in [0.1, 0.15) is 5.75 Å². The third kappa shape index (κ3) is 4.34. The summed E-state index contributed by atoms with van der Waals surface area (Å²) in [6, 6.07) is 13.4. The molecular formula is C21H23N3O3. The molecule has 0 saturated carbocycles. The lowest BCUT2D eigenvalue weighted by Crippen LogP contribution is -2.07. The van der Waals surface area contributed by atoms with Crippen LogP contribution in [0.2, 0.25) is 0 Å². The number of hydrogen-bond acceptors (Lipinski definition) is 4. The number of aryl methyl sites for hydroxylation is 1. The van der Waals surface area contributed by atoms with Crippen molar-refractivity contribution in [1.82, 2.24) is 4.98 Å². The number of ether oxygens (including phenoxy) is 1. The van der Waals surface area contributed by atoms with Crippen LogP contribution in [0, 0.1) is 0 Å². The van der Waals surface area contributed by atoms with E-state index < -0.39 is 5.91 Å². The fourth-order valence-corrected chi connectivity index (χ4v) is 2.74. The number of azo groups is 1. The van der Waals surface area contributed by atoms with Gasteiger partial charge in [0, 0.05) is 5.39 Å². The van der Waals surface area contributed by atoms with Crippen LogP contribution in [0.15, 0.2) is 52.7 Å². The van der Waals surface area contributed by atoms with Crippen molar-refractivity contribution >= 4 is 22.5 Å². The molecule has 0 aliphatic heterocycles. The van der Waals surface area contributed by atoms with Crippen molar-refractivity contribution in [3.05, 3.63) is 53.6 Å². The number of hydrogen-bond donors (Lipinski definition) is 2. The molecule has 6 heteroatoms. The first-order valence-electron chi connectivity index (χ1n) is 8.98. The van der Waals surface area contributed by atoms with Crippen molar-refractivity contribution in [3.8, 4) is 11.6 Å². The van der Waals surface area contributed by atoms with Gasteiger partial charge in [0.05, 0.1) is 5.52 Å². The van der Waals surface area contributed by atoms with Crippen LogP contribution < -0.4 is 4.74 Å². The van der Waals surface area contributed by atoms with Crippen LogP contribution in [0.3, 0.4) is 0 Å². The lowest BCUT2D eigenvalue weighted by Gasteiger charge is -2.04. The maximum atomic E-state index is 12.0. The summed E-state index contributed by atoms with van der Waals surface area (Å²) in [7, 11) is 0. The Morgan fingerprint density at radius 3 is 2.59 bits per heavy atom. The average Bonchev–Trinajstić information content (AvgIpc) is 2.99. The molecule has 3 rings (SSSR count). The number of nitrogens with zero attached hydrogens (tertiary/aromatic N) is 2. The number of carbonyl (C=O) groups excluding carboxylic acids is 1. The van der Waals surface area contributed by atoms with E-state index in [9.17, 15) is 9.90 Å². The van der Waals surface area contributed by atoms with E-state index >= 15 is 0 Å². The van der Waals surface area contributed by atoms with E-state index in [0.717, 1.165) is 22.9 Å². The molecule has 0 radical (unpaired) electrons. The highest BCUT2D eigenvalue weighted by atomic mass is 16.5. The SMILES string of the molecule is CCc1ccc(OCC(=O)N=Nc2c(O)[nH]c3ccc(C(C)C)cc23)cc1. The van der Waals surface area contributed by atoms with Crippen molar-refractivity contribution in [1.29, 1.82) is 0 Å². The average molecular weight is 365 g/mol. The van der Waals surface area contributed by atoms with Crippen LogP contribution in [0.25, 0.3) is 10.9 Å². The summed E-state index contributed by atoms with van der Waals surface area (Å²) in [4.78, 5) is 14.8. The van der Waals surface area contributed by atoms with Crippen LogP contribution >= 0.6 is 0 Å². The Labute approximate surface area is 157 Å². The molecule has 2 aromatic carbocycles. The highest BCUT2D eigenvalue weighted by Gasteiger charge is 2.13. The second-order valence-corrected chi connectivity index (χ2v) is 6.66. The zero-order valence-corrected chi connectivity index (χ0v) is 15.7. The van der Waals surface area contributed by atoms with Crippen molar-refractivity contribution < 1.29 is 14.6 Å². The predicted molar refractivity (Wildman–Crippen MR) is 105 cm³/mol. The van der Waals surface area contributed by atoms with E-state index in [1.54, 1.807) is 0 Å². The largest absolute Gasteiger partial charge is 0.493 e. The summed E-state index contributed by atoms with van der Waals surface area (Å²) in [5.41, 5.74) is 3.31. The van der Waals surface area contributed by atoms with Crippen molar-refractivity contribution in [2.75, 3.05) is 6.61 Å². The van der Waals surface area contributed by atoms with Crippen LogP contribution in [0.5, 0.6) is 11.6 Å². The van der Waals surface area contributed by atoms with Gasteiger partial charge in [-0.15, -0.1) is 10.2 Å². The summed E-state index contributed by atoms with van der Waals surface area (Å²) in [6.45, 7) is 6.03. The normalized spacial score (nSPS) is 11.6. The first-order chi connectivity index (χ1) is 13.0. The van der Waals surface area contributed by atoms with E-state index in [1.807, 2.05) is 42.5 Å². The number of aromatic amines is 1. The molecule has 0 fully saturated rings. The fraction of sp³-hybridized carbons (Fsp3) is 0.286. The number of nitrogens with one attached hydrogen (secondary N) is 1. The number of rotatable bonds is 6. The molecule has 3 aromatic rings.